The molecular weight excluding hydrogens is 241 g/mol. The van der Waals surface area contributed by atoms with Gasteiger partial charge in [-0.1, -0.05) is 30.9 Å². The van der Waals surface area contributed by atoms with Crippen LogP contribution in [0.4, 0.5) is 10.1 Å². The summed E-state index contributed by atoms with van der Waals surface area (Å²) in [5.74, 6) is -0.374. The van der Waals surface area contributed by atoms with Crippen LogP contribution in [0.1, 0.15) is 21.5 Å². The van der Waals surface area contributed by atoms with Gasteiger partial charge in [-0.25, -0.2) is 4.39 Å². The minimum absolute atomic E-state index is 0.0613. The van der Waals surface area contributed by atoms with E-state index in [0.29, 0.717) is 11.3 Å². The van der Waals surface area contributed by atoms with E-state index >= 15 is 0 Å². The molecule has 0 amide bonds. The van der Waals surface area contributed by atoms with Gasteiger partial charge in [-0.2, -0.15) is 0 Å². The summed E-state index contributed by atoms with van der Waals surface area (Å²) < 4.78 is 12.8. The molecule has 96 valence electrons. The first-order chi connectivity index (χ1) is 9.10. The molecule has 0 saturated carbocycles. The van der Waals surface area contributed by atoms with E-state index in [0.717, 1.165) is 11.1 Å². The lowest BCUT2D eigenvalue weighted by Gasteiger charge is -2.07. The largest absolute Gasteiger partial charge is 0.399 e. The SMILES string of the molecule is C=Cc1ccc(N)cc1C(=O)Cc1ccc(F)cc1. The molecule has 0 atom stereocenters. The number of hydrogen-bond acceptors (Lipinski definition) is 2. The molecule has 0 aliphatic rings. The van der Waals surface area contributed by atoms with Crippen LogP contribution in [-0.2, 0) is 6.42 Å². The molecule has 2 nitrogen and oxygen atoms in total. The predicted molar refractivity (Wildman–Crippen MR) is 75.4 cm³/mol. The van der Waals surface area contributed by atoms with Crippen LogP contribution < -0.4 is 5.73 Å². The first kappa shape index (κ1) is 13.0. The molecule has 2 aromatic carbocycles. The monoisotopic (exact) mass is 255 g/mol. The van der Waals surface area contributed by atoms with Gasteiger partial charge in [-0.3, -0.25) is 4.79 Å². The van der Waals surface area contributed by atoms with Crippen LogP contribution in [0.3, 0.4) is 0 Å². The molecule has 0 fully saturated rings. The number of benzene rings is 2. The lowest BCUT2D eigenvalue weighted by molar-refractivity contribution is 0.0993. The highest BCUT2D eigenvalue weighted by Gasteiger charge is 2.11. The normalized spacial score (nSPS) is 10.2. The molecule has 2 N–H and O–H groups in total. The fraction of sp³-hybridized carbons (Fsp3) is 0.0625. The van der Waals surface area contributed by atoms with Gasteiger partial charge in [0, 0.05) is 17.7 Å². The van der Waals surface area contributed by atoms with Crippen LogP contribution in [0.5, 0.6) is 0 Å². The van der Waals surface area contributed by atoms with Crippen molar-refractivity contribution in [1.29, 1.82) is 0 Å². The number of Topliss-reactive ketones (excluding diaryl/α,β-unsaturated/α-hetero) is 1. The summed E-state index contributed by atoms with van der Waals surface area (Å²) in [6.07, 6.45) is 1.84. The highest BCUT2D eigenvalue weighted by Crippen LogP contribution is 2.17. The number of carbonyl (C=O) groups is 1. The molecule has 2 rings (SSSR count). The van der Waals surface area contributed by atoms with Gasteiger partial charge in [0.1, 0.15) is 5.82 Å². The maximum atomic E-state index is 12.8. The fourth-order valence-corrected chi connectivity index (χ4v) is 1.88. The quantitative estimate of drug-likeness (QED) is 0.671. The molecule has 0 aliphatic carbocycles. The van der Waals surface area contributed by atoms with E-state index in [1.165, 1.54) is 12.1 Å². The van der Waals surface area contributed by atoms with Crippen LogP contribution in [-0.4, -0.2) is 5.78 Å². The standard InChI is InChI=1S/C16H14FNO/c1-2-12-5-8-14(18)10-15(12)16(19)9-11-3-6-13(17)7-4-11/h2-8,10H,1,9,18H2. The Morgan fingerprint density at radius 3 is 2.53 bits per heavy atom. The van der Waals surface area contributed by atoms with Gasteiger partial charge in [-0.05, 0) is 35.4 Å². The van der Waals surface area contributed by atoms with E-state index in [4.69, 9.17) is 5.73 Å². The van der Waals surface area contributed by atoms with E-state index in [1.807, 2.05) is 0 Å². The highest BCUT2D eigenvalue weighted by molar-refractivity contribution is 6.01. The molecule has 3 heteroatoms. The van der Waals surface area contributed by atoms with Gasteiger partial charge in [0.25, 0.3) is 0 Å². The summed E-state index contributed by atoms with van der Waals surface area (Å²) >= 11 is 0. The smallest absolute Gasteiger partial charge is 0.167 e. The highest BCUT2D eigenvalue weighted by atomic mass is 19.1. The van der Waals surface area contributed by atoms with Gasteiger partial charge in [0.2, 0.25) is 0 Å². The van der Waals surface area contributed by atoms with Crippen molar-refractivity contribution in [2.75, 3.05) is 5.73 Å². The second-order valence-electron chi connectivity index (χ2n) is 4.28. The van der Waals surface area contributed by atoms with E-state index in [9.17, 15) is 9.18 Å². The minimum atomic E-state index is -0.313. The summed E-state index contributed by atoms with van der Waals surface area (Å²) in [4.78, 5) is 12.2. The summed E-state index contributed by atoms with van der Waals surface area (Å²) in [5, 5.41) is 0. The number of ketones is 1. The average molecular weight is 255 g/mol. The van der Waals surface area contributed by atoms with E-state index < -0.39 is 0 Å². The number of nitrogens with two attached hydrogens (primary N) is 1. The first-order valence-corrected chi connectivity index (χ1v) is 5.90. The molecular formula is C16H14FNO. The third-order valence-corrected chi connectivity index (χ3v) is 2.88. The molecule has 2 aromatic rings. The number of carbonyl (C=O) groups excluding carboxylic acids is 1. The lowest BCUT2D eigenvalue weighted by atomic mass is 9.98. The Hall–Kier alpha value is -2.42. The van der Waals surface area contributed by atoms with Gasteiger partial charge >= 0.3 is 0 Å². The molecule has 0 radical (unpaired) electrons. The van der Waals surface area contributed by atoms with Gasteiger partial charge < -0.3 is 5.73 Å². The average Bonchev–Trinajstić information content (AvgIpc) is 2.41. The second kappa shape index (κ2) is 5.48. The zero-order valence-electron chi connectivity index (χ0n) is 10.4. The van der Waals surface area contributed by atoms with E-state index in [1.54, 1.807) is 36.4 Å². The van der Waals surface area contributed by atoms with Crippen molar-refractivity contribution in [2.24, 2.45) is 0 Å². The summed E-state index contributed by atoms with van der Waals surface area (Å²) in [7, 11) is 0. The van der Waals surface area contributed by atoms with Crippen LogP contribution in [0.2, 0.25) is 0 Å². The molecule has 0 aliphatic heterocycles. The Balaban J connectivity index is 2.27. The molecule has 19 heavy (non-hydrogen) atoms. The third kappa shape index (κ3) is 3.07. The Morgan fingerprint density at radius 2 is 1.89 bits per heavy atom. The summed E-state index contributed by atoms with van der Waals surface area (Å²) in [6, 6.07) is 11.0. The van der Waals surface area contributed by atoms with Crippen molar-refractivity contribution in [1.82, 2.24) is 0 Å². The number of rotatable bonds is 4. The zero-order valence-corrected chi connectivity index (χ0v) is 10.4. The van der Waals surface area contributed by atoms with Gasteiger partial charge in [0.05, 0.1) is 0 Å². The van der Waals surface area contributed by atoms with Crippen molar-refractivity contribution < 1.29 is 9.18 Å². The lowest BCUT2D eigenvalue weighted by Crippen LogP contribution is -2.06. The van der Waals surface area contributed by atoms with Crippen LogP contribution in [0.15, 0.2) is 49.0 Å². The molecule has 0 aromatic heterocycles. The summed E-state index contributed by atoms with van der Waals surface area (Å²) in [5.41, 5.74) is 8.29. The van der Waals surface area contributed by atoms with E-state index in [2.05, 4.69) is 6.58 Å². The number of nitrogen functional groups attached to an aromatic ring is 1. The Morgan fingerprint density at radius 1 is 1.21 bits per heavy atom. The van der Waals surface area contributed by atoms with Crippen LogP contribution in [0.25, 0.3) is 6.08 Å². The number of hydrogen-bond donors (Lipinski definition) is 1. The second-order valence-corrected chi connectivity index (χ2v) is 4.28. The maximum absolute atomic E-state index is 12.8. The Labute approximate surface area is 111 Å². The van der Waals surface area contributed by atoms with Crippen molar-refractivity contribution >= 4 is 17.5 Å². The van der Waals surface area contributed by atoms with Gasteiger partial charge in [-0.15, -0.1) is 0 Å². The van der Waals surface area contributed by atoms with Crippen molar-refractivity contribution in [3.8, 4) is 0 Å². The molecule has 0 heterocycles. The fourth-order valence-electron chi connectivity index (χ4n) is 1.88. The third-order valence-electron chi connectivity index (χ3n) is 2.88. The number of halogens is 1. The van der Waals surface area contributed by atoms with Crippen molar-refractivity contribution in [3.63, 3.8) is 0 Å². The predicted octanol–water partition coefficient (Wildman–Crippen LogP) is 3.48. The van der Waals surface area contributed by atoms with Crippen molar-refractivity contribution in [2.45, 2.75) is 6.42 Å². The zero-order chi connectivity index (χ0) is 13.8. The topological polar surface area (TPSA) is 43.1 Å². The Bertz CT molecular complexity index is 617. The molecule has 0 unspecified atom stereocenters. The van der Waals surface area contributed by atoms with E-state index in [-0.39, 0.29) is 18.0 Å². The van der Waals surface area contributed by atoms with Gasteiger partial charge in [0.15, 0.2) is 5.78 Å². The summed E-state index contributed by atoms with van der Waals surface area (Å²) in [6.45, 7) is 3.68. The molecule has 0 saturated heterocycles. The molecule has 0 spiro atoms. The van der Waals surface area contributed by atoms with Crippen LogP contribution in [0, 0.1) is 5.82 Å². The van der Waals surface area contributed by atoms with Crippen LogP contribution >= 0.6 is 0 Å². The Kier molecular flexibility index (Phi) is 3.76. The molecule has 0 bridgehead atoms. The minimum Gasteiger partial charge on any atom is -0.399 e. The van der Waals surface area contributed by atoms with Crippen molar-refractivity contribution in [3.05, 3.63) is 71.6 Å². The first-order valence-electron chi connectivity index (χ1n) is 5.90. The maximum Gasteiger partial charge on any atom is 0.167 e. The number of anilines is 1.